The molecule has 124 valence electrons. The van der Waals surface area contributed by atoms with Gasteiger partial charge in [0.2, 0.25) is 0 Å². The Morgan fingerprint density at radius 2 is 1.48 bits per heavy atom. The molecule has 2 nitrogen and oxygen atoms in total. The molecule has 0 aliphatic rings. The van der Waals surface area contributed by atoms with Crippen LogP contribution >= 0.6 is 0 Å². The average Bonchev–Trinajstić information content (AvgIpc) is 2.26. The number of alkyl halides is 8. The van der Waals surface area contributed by atoms with Crippen LogP contribution in [-0.4, -0.2) is 36.3 Å². The fraction of sp³-hybridized carbons (Fsp3) is 0.727. The predicted octanol–water partition coefficient (Wildman–Crippen LogP) is 4.06. The molecule has 0 radical (unpaired) electrons. The predicted molar refractivity (Wildman–Crippen MR) is 55.9 cm³/mol. The van der Waals surface area contributed by atoms with E-state index in [0.29, 0.717) is 0 Å². The van der Waals surface area contributed by atoms with Gasteiger partial charge in [-0.05, 0) is 13.8 Å². The minimum Gasteiger partial charge on any atom is -0.462 e. The van der Waals surface area contributed by atoms with E-state index in [2.05, 4.69) is 11.3 Å². The highest BCUT2D eigenvalue weighted by atomic mass is 19.4. The highest BCUT2D eigenvalue weighted by Gasteiger charge is 2.77. The van der Waals surface area contributed by atoms with Crippen molar-refractivity contribution in [1.29, 1.82) is 0 Å². The largest absolute Gasteiger partial charge is 0.462 e. The van der Waals surface area contributed by atoms with Crippen LogP contribution in [0.15, 0.2) is 12.2 Å². The summed E-state index contributed by atoms with van der Waals surface area (Å²) in [6.07, 6.45) is -8.18. The van der Waals surface area contributed by atoms with Crippen LogP contribution in [0.25, 0.3) is 0 Å². The molecule has 0 heterocycles. The van der Waals surface area contributed by atoms with Gasteiger partial charge < -0.3 is 4.74 Å². The van der Waals surface area contributed by atoms with Crippen LogP contribution in [0.5, 0.6) is 0 Å². The van der Waals surface area contributed by atoms with Gasteiger partial charge >= 0.3 is 24.0 Å². The Kier molecular flexibility index (Phi) is 5.43. The van der Waals surface area contributed by atoms with Crippen molar-refractivity contribution in [2.24, 2.45) is 0 Å². The third kappa shape index (κ3) is 3.85. The number of carbonyl (C=O) groups excluding carboxylic acids is 1. The highest BCUT2D eigenvalue weighted by molar-refractivity contribution is 5.86. The molecule has 0 rings (SSSR count). The fourth-order valence-corrected chi connectivity index (χ4v) is 1.07. The molecule has 0 saturated carbocycles. The number of esters is 1. The summed E-state index contributed by atoms with van der Waals surface area (Å²) in [7, 11) is 0. The first-order chi connectivity index (χ1) is 9.08. The standard InChI is InChI=1S/C11H12F8O2/c1-6(2)7(20)21-5-4-9(13,14)10(15,16)8(3,12)11(17,18)19/h1,4-5H2,2-3H3. The number of ether oxygens (including phenoxy) is 1. The quantitative estimate of drug-likeness (QED) is 0.418. The van der Waals surface area contributed by atoms with Gasteiger partial charge in [0.15, 0.2) is 0 Å². The maximum absolute atomic E-state index is 13.2. The third-order valence-electron chi connectivity index (χ3n) is 2.58. The number of hydrogen-bond donors (Lipinski definition) is 0. The lowest BCUT2D eigenvalue weighted by molar-refractivity contribution is -0.349. The SMILES string of the molecule is C=C(C)C(=O)OCCC(F)(F)C(F)(F)C(C)(F)C(F)(F)F. The number of rotatable bonds is 6. The molecule has 0 aromatic heterocycles. The van der Waals surface area contributed by atoms with E-state index in [9.17, 15) is 39.9 Å². The van der Waals surface area contributed by atoms with E-state index in [0.717, 1.165) is 6.92 Å². The molecule has 0 aliphatic heterocycles. The van der Waals surface area contributed by atoms with Crippen molar-refractivity contribution in [1.82, 2.24) is 0 Å². The minimum absolute atomic E-state index is 0.226. The van der Waals surface area contributed by atoms with Crippen LogP contribution in [0.3, 0.4) is 0 Å². The summed E-state index contributed by atoms with van der Waals surface area (Å²) in [5.41, 5.74) is -5.67. The zero-order chi connectivity index (χ0) is 17.3. The number of hydrogen-bond acceptors (Lipinski definition) is 2. The van der Waals surface area contributed by atoms with E-state index >= 15 is 0 Å². The molecule has 0 aliphatic carbocycles. The maximum atomic E-state index is 13.2. The summed E-state index contributed by atoms with van der Waals surface area (Å²) < 4.78 is 106. The van der Waals surface area contributed by atoms with Gasteiger partial charge in [-0.3, -0.25) is 0 Å². The zero-order valence-electron chi connectivity index (χ0n) is 11.0. The number of halogens is 8. The van der Waals surface area contributed by atoms with Gasteiger partial charge in [0.05, 0.1) is 13.0 Å². The smallest absolute Gasteiger partial charge is 0.428 e. The first-order valence-electron chi connectivity index (χ1n) is 5.42. The lowest BCUT2D eigenvalue weighted by Crippen LogP contribution is -2.61. The van der Waals surface area contributed by atoms with Crippen molar-refractivity contribution in [3.05, 3.63) is 12.2 Å². The topological polar surface area (TPSA) is 26.3 Å². The van der Waals surface area contributed by atoms with Gasteiger partial charge in [-0.15, -0.1) is 0 Å². The second kappa shape index (κ2) is 5.80. The lowest BCUT2D eigenvalue weighted by Gasteiger charge is -2.36. The Labute approximate surface area is 114 Å². The lowest BCUT2D eigenvalue weighted by atomic mass is 9.92. The van der Waals surface area contributed by atoms with E-state index in [4.69, 9.17) is 0 Å². The Morgan fingerprint density at radius 1 is 1.05 bits per heavy atom. The van der Waals surface area contributed by atoms with E-state index in [1.807, 2.05) is 0 Å². The molecular weight excluding hydrogens is 316 g/mol. The van der Waals surface area contributed by atoms with Gasteiger partial charge in [0, 0.05) is 5.57 Å². The Balaban J connectivity index is 5.05. The van der Waals surface area contributed by atoms with Crippen molar-refractivity contribution in [3.63, 3.8) is 0 Å². The Bertz CT molecular complexity index is 411. The van der Waals surface area contributed by atoms with E-state index in [-0.39, 0.29) is 5.57 Å². The van der Waals surface area contributed by atoms with E-state index in [1.165, 1.54) is 0 Å². The molecule has 0 aromatic rings. The third-order valence-corrected chi connectivity index (χ3v) is 2.58. The fourth-order valence-electron chi connectivity index (χ4n) is 1.07. The van der Waals surface area contributed by atoms with E-state index < -0.39 is 49.6 Å². The molecule has 1 atom stereocenters. The molecule has 0 bridgehead atoms. The summed E-state index contributed by atoms with van der Waals surface area (Å²) in [6.45, 7) is 2.21. The monoisotopic (exact) mass is 328 g/mol. The average molecular weight is 328 g/mol. The molecule has 0 amide bonds. The minimum atomic E-state index is -6.20. The molecule has 0 spiro atoms. The number of carbonyl (C=O) groups is 1. The normalized spacial score (nSPS) is 16.3. The molecule has 0 aromatic carbocycles. The second-order valence-corrected chi connectivity index (χ2v) is 4.45. The van der Waals surface area contributed by atoms with Gasteiger partial charge in [-0.25, -0.2) is 9.18 Å². The van der Waals surface area contributed by atoms with Crippen LogP contribution in [0.1, 0.15) is 20.3 Å². The zero-order valence-corrected chi connectivity index (χ0v) is 11.0. The first kappa shape index (κ1) is 19.7. The summed E-state index contributed by atoms with van der Waals surface area (Å²) >= 11 is 0. The van der Waals surface area contributed by atoms with Crippen LogP contribution in [0.4, 0.5) is 35.1 Å². The molecule has 0 saturated heterocycles. The van der Waals surface area contributed by atoms with E-state index in [1.54, 1.807) is 0 Å². The van der Waals surface area contributed by atoms with Gasteiger partial charge in [-0.2, -0.15) is 30.7 Å². The van der Waals surface area contributed by atoms with Crippen LogP contribution < -0.4 is 0 Å². The van der Waals surface area contributed by atoms with Crippen molar-refractivity contribution in [2.75, 3.05) is 6.61 Å². The second-order valence-electron chi connectivity index (χ2n) is 4.45. The highest BCUT2D eigenvalue weighted by Crippen LogP contribution is 2.52. The molecule has 0 N–H and O–H groups in total. The summed E-state index contributed by atoms with van der Waals surface area (Å²) in [6, 6.07) is 0. The summed E-state index contributed by atoms with van der Waals surface area (Å²) in [5.74, 6) is -12.6. The summed E-state index contributed by atoms with van der Waals surface area (Å²) in [5, 5.41) is 0. The maximum Gasteiger partial charge on any atom is 0.428 e. The Hall–Kier alpha value is -1.35. The van der Waals surface area contributed by atoms with Gasteiger partial charge in [-0.1, -0.05) is 6.58 Å². The van der Waals surface area contributed by atoms with Crippen molar-refractivity contribution in [2.45, 2.75) is 44.0 Å². The van der Waals surface area contributed by atoms with Crippen molar-refractivity contribution >= 4 is 5.97 Å². The molecule has 21 heavy (non-hydrogen) atoms. The van der Waals surface area contributed by atoms with Crippen LogP contribution in [0.2, 0.25) is 0 Å². The summed E-state index contributed by atoms with van der Waals surface area (Å²) in [4.78, 5) is 10.8. The Morgan fingerprint density at radius 3 is 1.81 bits per heavy atom. The van der Waals surface area contributed by atoms with Gasteiger partial charge in [0.1, 0.15) is 0 Å². The van der Waals surface area contributed by atoms with Crippen LogP contribution in [0, 0.1) is 0 Å². The van der Waals surface area contributed by atoms with Gasteiger partial charge in [0.25, 0.3) is 5.67 Å². The molecule has 0 fully saturated rings. The van der Waals surface area contributed by atoms with Crippen molar-refractivity contribution < 1.29 is 44.7 Å². The molecular formula is C11H12F8O2. The first-order valence-corrected chi connectivity index (χ1v) is 5.42. The molecule has 1 unspecified atom stereocenters. The van der Waals surface area contributed by atoms with Crippen molar-refractivity contribution in [3.8, 4) is 0 Å². The van der Waals surface area contributed by atoms with Crippen LogP contribution in [-0.2, 0) is 9.53 Å². The molecule has 10 heteroatoms.